The second-order valence-electron chi connectivity index (χ2n) is 7.81. The summed E-state index contributed by atoms with van der Waals surface area (Å²) in [6, 6.07) is 7.77. The van der Waals surface area contributed by atoms with Crippen LogP contribution in [0.4, 0.5) is 5.69 Å². The van der Waals surface area contributed by atoms with E-state index in [1.807, 2.05) is 24.3 Å². The number of methoxy groups -OCH3 is 1. The molecule has 2 aromatic heterocycles. The van der Waals surface area contributed by atoms with Crippen molar-refractivity contribution in [3.63, 3.8) is 0 Å². The minimum atomic E-state index is -0.493. The quantitative estimate of drug-likeness (QED) is 0.514. The third kappa shape index (κ3) is 4.03. The molecule has 0 aliphatic carbocycles. The van der Waals surface area contributed by atoms with Crippen LogP contribution < -0.4 is 16.1 Å². The number of halogens is 1. The molecule has 11 heteroatoms. The van der Waals surface area contributed by atoms with E-state index in [0.29, 0.717) is 17.4 Å². The van der Waals surface area contributed by atoms with Gasteiger partial charge in [-0.25, -0.2) is 9.78 Å². The number of nitrogens with zero attached hydrogens (tertiary/aromatic N) is 6. The van der Waals surface area contributed by atoms with Crippen LogP contribution in [0.3, 0.4) is 0 Å². The molecule has 0 bridgehead atoms. The number of rotatable bonds is 5. The SMILES string of the molecule is COC(=O)Cn1c(CN2CCN(c3cccc(Cl)c3)CC2)nc2c1c(=O)n(C)c(=O)n2C. The van der Waals surface area contributed by atoms with Crippen LogP contribution in [-0.4, -0.2) is 62.8 Å². The summed E-state index contributed by atoms with van der Waals surface area (Å²) in [7, 11) is 4.27. The molecule has 1 aromatic carbocycles. The molecule has 0 radical (unpaired) electrons. The van der Waals surface area contributed by atoms with Gasteiger partial charge in [-0.15, -0.1) is 0 Å². The van der Waals surface area contributed by atoms with E-state index in [1.165, 1.54) is 18.7 Å². The van der Waals surface area contributed by atoms with Crippen LogP contribution in [0.5, 0.6) is 0 Å². The number of benzene rings is 1. The van der Waals surface area contributed by atoms with E-state index >= 15 is 0 Å². The summed E-state index contributed by atoms with van der Waals surface area (Å²) in [6.07, 6.45) is 0. The fourth-order valence-electron chi connectivity index (χ4n) is 4.01. The van der Waals surface area contributed by atoms with Gasteiger partial charge in [0.15, 0.2) is 11.2 Å². The second-order valence-corrected chi connectivity index (χ2v) is 8.25. The highest BCUT2D eigenvalue weighted by Crippen LogP contribution is 2.21. The Labute approximate surface area is 189 Å². The maximum atomic E-state index is 12.8. The molecular formula is C21H25ClN6O4. The molecule has 32 heavy (non-hydrogen) atoms. The highest BCUT2D eigenvalue weighted by Gasteiger charge is 2.24. The maximum absolute atomic E-state index is 12.8. The first-order valence-corrected chi connectivity index (χ1v) is 10.6. The van der Waals surface area contributed by atoms with Crippen LogP contribution in [0.1, 0.15) is 5.82 Å². The zero-order chi connectivity index (χ0) is 23.0. The lowest BCUT2D eigenvalue weighted by molar-refractivity contribution is -0.141. The van der Waals surface area contributed by atoms with Gasteiger partial charge in [-0.2, -0.15) is 0 Å². The molecule has 3 heterocycles. The molecule has 0 spiro atoms. The molecule has 0 unspecified atom stereocenters. The number of carbonyl (C=O) groups excluding carboxylic acids is 1. The lowest BCUT2D eigenvalue weighted by Gasteiger charge is -2.36. The standard InChI is InChI=1S/C21H25ClN6O4/c1-24-19-18(20(30)25(2)21(24)31)28(13-17(29)32-3)16(23-19)12-26-7-9-27(10-8-26)15-6-4-5-14(22)11-15/h4-6,11H,7-10,12-13H2,1-3H3. The smallest absolute Gasteiger partial charge is 0.332 e. The topological polar surface area (TPSA) is 94.6 Å². The molecule has 1 aliphatic rings. The van der Waals surface area contributed by atoms with E-state index in [-0.39, 0.29) is 17.7 Å². The molecule has 10 nitrogen and oxygen atoms in total. The van der Waals surface area contributed by atoms with E-state index in [0.717, 1.165) is 36.4 Å². The molecular weight excluding hydrogens is 436 g/mol. The maximum Gasteiger partial charge on any atom is 0.332 e. The predicted molar refractivity (Wildman–Crippen MR) is 121 cm³/mol. The van der Waals surface area contributed by atoms with Crippen molar-refractivity contribution in [2.45, 2.75) is 13.1 Å². The summed E-state index contributed by atoms with van der Waals surface area (Å²) in [5.74, 6) is 0.0483. The van der Waals surface area contributed by atoms with Gasteiger partial charge < -0.3 is 14.2 Å². The van der Waals surface area contributed by atoms with Gasteiger partial charge in [0.1, 0.15) is 12.4 Å². The lowest BCUT2D eigenvalue weighted by Crippen LogP contribution is -2.46. The first-order valence-electron chi connectivity index (χ1n) is 10.2. The molecule has 3 aromatic rings. The number of esters is 1. The number of carbonyl (C=O) groups is 1. The van der Waals surface area contributed by atoms with Crippen molar-refractivity contribution >= 4 is 34.4 Å². The zero-order valence-electron chi connectivity index (χ0n) is 18.2. The molecule has 170 valence electrons. The monoisotopic (exact) mass is 460 g/mol. The fourth-order valence-corrected chi connectivity index (χ4v) is 4.20. The number of aryl methyl sites for hydroxylation is 1. The Kier molecular flexibility index (Phi) is 6.07. The summed E-state index contributed by atoms with van der Waals surface area (Å²) >= 11 is 6.12. The predicted octanol–water partition coefficient (Wildman–Crippen LogP) is 0.582. The molecule has 4 rings (SSSR count). The Morgan fingerprint density at radius 3 is 2.50 bits per heavy atom. The van der Waals surface area contributed by atoms with Crippen LogP contribution in [0.2, 0.25) is 5.02 Å². The van der Waals surface area contributed by atoms with E-state index in [1.54, 1.807) is 11.6 Å². The summed E-state index contributed by atoms with van der Waals surface area (Å²) in [6.45, 7) is 3.43. The van der Waals surface area contributed by atoms with Gasteiger partial charge in [-0.3, -0.25) is 23.6 Å². The van der Waals surface area contributed by atoms with E-state index in [4.69, 9.17) is 16.3 Å². The highest BCUT2D eigenvalue weighted by molar-refractivity contribution is 6.30. The number of fused-ring (bicyclic) bond motifs is 1. The van der Waals surface area contributed by atoms with Crippen molar-refractivity contribution in [1.29, 1.82) is 0 Å². The molecule has 1 saturated heterocycles. The van der Waals surface area contributed by atoms with Gasteiger partial charge in [0.25, 0.3) is 5.56 Å². The Morgan fingerprint density at radius 2 is 1.84 bits per heavy atom. The Balaban J connectivity index is 1.63. The number of hydrogen-bond donors (Lipinski definition) is 0. The first kappa shape index (κ1) is 22.1. The average Bonchev–Trinajstić information content (AvgIpc) is 3.14. The third-order valence-electron chi connectivity index (χ3n) is 5.85. The van der Waals surface area contributed by atoms with Crippen molar-refractivity contribution < 1.29 is 9.53 Å². The molecule has 0 saturated carbocycles. The van der Waals surface area contributed by atoms with Gasteiger partial charge in [0.05, 0.1) is 13.7 Å². The lowest BCUT2D eigenvalue weighted by atomic mass is 10.2. The normalized spacial score (nSPS) is 14.8. The molecule has 0 amide bonds. The van der Waals surface area contributed by atoms with E-state index in [2.05, 4.69) is 14.8 Å². The van der Waals surface area contributed by atoms with Crippen LogP contribution in [0.25, 0.3) is 11.2 Å². The van der Waals surface area contributed by atoms with Gasteiger partial charge >= 0.3 is 11.7 Å². The minimum absolute atomic E-state index is 0.155. The van der Waals surface area contributed by atoms with Crippen LogP contribution in [0.15, 0.2) is 33.9 Å². The van der Waals surface area contributed by atoms with Crippen molar-refractivity contribution in [2.75, 3.05) is 38.2 Å². The Hall–Kier alpha value is -3.11. The second kappa shape index (κ2) is 8.79. The van der Waals surface area contributed by atoms with E-state index in [9.17, 15) is 14.4 Å². The van der Waals surface area contributed by atoms with Gasteiger partial charge in [0.2, 0.25) is 0 Å². The summed E-state index contributed by atoms with van der Waals surface area (Å²) in [4.78, 5) is 46.3. The van der Waals surface area contributed by atoms with E-state index < -0.39 is 17.2 Å². The van der Waals surface area contributed by atoms with Crippen LogP contribution in [-0.2, 0) is 36.7 Å². The van der Waals surface area contributed by atoms with Crippen molar-refractivity contribution in [1.82, 2.24) is 23.6 Å². The van der Waals surface area contributed by atoms with Gasteiger partial charge in [-0.1, -0.05) is 17.7 Å². The largest absolute Gasteiger partial charge is 0.468 e. The van der Waals surface area contributed by atoms with Crippen molar-refractivity contribution in [2.24, 2.45) is 14.1 Å². The molecule has 1 aliphatic heterocycles. The fraction of sp³-hybridized carbons (Fsp3) is 0.429. The number of imidazole rings is 1. The number of ether oxygens (including phenoxy) is 1. The first-order chi connectivity index (χ1) is 15.3. The van der Waals surface area contributed by atoms with Crippen molar-refractivity contribution in [3.8, 4) is 0 Å². The Morgan fingerprint density at radius 1 is 1.12 bits per heavy atom. The molecule has 0 N–H and O–H groups in total. The average molecular weight is 461 g/mol. The number of piperazine rings is 1. The minimum Gasteiger partial charge on any atom is -0.468 e. The number of hydrogen-bond acceptors (Lipinski definition) is 7. The molecule has 1 fully saturated rings. The Bertz CT molecular complexity index is 1290. The number of aromatic nitrogens is 4. The third-order valence-corrected chi connectivity index (χ3v) is 6.09. The zero-order valence-corrected chi connectivity index (χ0v) is 19.0. The van der Waals surface area contributed by atoms with Gasteiger partial charge in [-0.05, 0) is 18.2 Å². The van der Waals surface area contributed by atoms with Crippen LogP contribution in [0, 0.1) is 0 Å². The van der Waals surface area contributed by atoms with Gasteiger partial charge in [0, 0.05) is 51.0 Å². The highest BCUT2D eigenvalue weighted by atomic mass is 35.5. The summed E-state index contributed by atoms with van der Waals surface area (Å²) in [5.41, 5.74) is 0.596. The number of anilines is 1. The summed E-state index contributed by atoms with van der Waals surface area (Å²) < 4.78 is 8.72. The molecule has 0 atom stereocenters. The summed E-state index contributed by atoms with van der Waals surface area (Å²) in [5, 5.41) is 0.702. The van der Waals surface area contributed by atoms with Crippen molar-refractivity contribution in [3.05, 3.63) is 56.0 Å². The van der Waals surface area contributed by atoms with Crippen LogP contribution >= 0.6 is 11.6 Å².